The van der Waals surface area contributed by atoms with E-state index in [0.29, 0.717) is 11.9 Å². The minimum Gasteiger partial charge on any atom is -0.471 e. The fourth-order valence-electron chi connectivity index (χ4n) is 4.19. The van der Waals surface area contributed by atoms with Crippen LogP contribution in [0.25, 0.3) is 22.2 Å². The third-order valence-corrected chi connectivity index (χ3v) is 5.74. The fourth-order valence-corrected chi connectivity index (χ4v) is 4.19. The highest BCUT2D eigenvalue weighted by Crippen LogP contribution is 2.33. The first-order chi connectivity index (χ1) is 14.0. The molecule has 1 saturated heterocycles. The van der Waals surface area contributed by atoms with Gasteiger partial charge in [-0.2, -0.15) is 5.10 Å². The minimum atomic E-state index is -0.0864. The molecule has 7 nitrogen and oxygen atoms in total. The van der Waals surface area contributed by atoms with Crippen LogP contribution in [-0.4, -0.2) is 51.1 Å². The van der Waals surface area contributed by atoms with E-state index in [0.717, 1.165) is 48.2 Å². The highest BCUT2D eigenvalue weighted by Gasteiger charge is 2.40. The summed E-state index contributed by atoms with van der Waals surface area (Å²) in [5, 5.41) is 8.98. The summed E-state index contributed by atoms with van der Waals surface area (Å²) in [6.45, 7) is 8.02. The molecular formula is C22H27N5O2. The number of nitrogens with zero attached hydrogens (tertiary/aromatic N) is 4. The standard InChI is InChI=1S/C22H27N5O2/c1-22(2,3)27-13-14(12-25-27)17-11-18-15(5-4-8-23-18)21(26-17)29-19-7-6-16-20(19)28-10-9-24-16/h4-5,8,11-13,16,19-20,24H,6-7,9-10H2,1-3H3/t16-,19+,20-/m0/s1. The lowest BCUT2D eigenvalue weighted by atomic mass is 10.1. The molecule has 1 saturated carbocycles. The van der Waals surface area contributed by atoms with Gasteiger partial charge >= 0.3 is 0 Å². The Kier molecular flexibility index (Phi) is 4.52. The third kappa shape index (κ3) is 3.49. The number of hydrogen-bond donors (Lipinski definition) is 1. The summed E-state index contributed by atoms with van der Waals surface area (Å²) < 4.78 is 14.4. The maximum atomic E-state index is 6.45. The predicted molar refractivity (Wildman–Crippen MR) is 111 cm³/mol. The number of pyridine rings is 2. The van der Waals surface area contributed by atoms with Crippen LogP contribution in [0.3, 0.4) is 0 Å². The van der Waals surface area contributed by atoms with Crippen LogP contribution >= 0.6 is 0 Å². The van der Waals surface area contributed by atoms with E-state index in [1.54, 1.807) is 6.20 Å². The van der Waals surface area contributed by atoms with Gasteiger partial charge in [0.15, 0.2) is 0 Å². The van der Waals surface area contributed by atoms with Crippen LogP contribution in [0.2, 0.25) is 0 Å². The van der Waals surface area contributed by atoms with Crippen LogP contribution in [0.5, 0.6) is 5.88 Å². The Labute approximate surface area is 170 Å². The summed E-state index contributed by atoms with van der Waals surface area (Å²) in [6, 6.07) is 6.30. The van der Waals surface area contributed by atoms with Crippen LogP contribution in [-0.2, 0) is 10.3 Å². The largest absolute Gasteiger partial charge is 0.471 e. The molecule has 1 aliphatic carbocycles. The molecule has 0 aromatic carbocycles. The molecule has 3 atom stereocenters. The molecule has 2 fully saturated rings. The predicted octanol–water partition coefficient (Wildman–Crippen LogP) is 3.15. The van der Waals surface area contributed by atoms with Crippen molar-refractivity contribution in [3.05, 3.63) is 36.8 Å². The first-order valence-corrected chi connectivity index (χ1v) is 10.3. The number of ether oxygens (including phenoxy) is 2. The van der Waals surface area contributed by atoms with Crippen molar-refractivity contribution >= 4 is 10.9 Å². The average Bonchev–Trinajstić information content (AvgIpc) is 3.36. The number of rotatable bonds is 3. The molecule has 0 amide bonds. The number of aromatic nitrogens is 4. The van der Waals surface area contributed by atoms with E-state index >= 15 is 0 Å². The average molecular weight is 393 g/mol. The SMILES string of the molecule is CC(C)(C)n1cc(-c2cc3ncccc3c(O[C@@H]3CC[C@@H]4NCCO[C@@H]43)n2)cn1. The first kappa shape index (κ1) is 18.5. The molecule has 5 rings (SSSR count). The lowest BCUT2D eigenvalue weighted by molar-refractivity contribution is -0.0413. The summed E-state index contributed by atoms with van der Waals surface area (Å²) >= 11 is 0. The van der Waals surface area contributed by atoms with Crippen molar-refractivity contribution in [3.63, 3.8) is 0 Å². The van der Waals surface area contributed by atoms with Crippen molar-refractivity contribution in [3.8, 4) is 17.1 Å². The molecule has 0 spiro atoms. The second kappa shape index (κ2) is 7.07. The van der Waals surface area contributed by atoms with Crippen molar-refractivity contribution in [1.29, 1.82) is 0 Å². The quantitative estimate of drug-likeness (QED) is 0.737. The Morgan fingerprint density at radius 1 is 1.28 bits per heavy atom. The van der Waals surface area contributed by atoms with Gasteiger partial charge in [-0.25, -0.2) is 4.98 Å². The molecule has 0 radical (unpaired) electrons. The number of fused-ring (bicyclic) bond motifs is 2. The van der Waals surface area contributed by atoms with Gasteiger partial charge in [0, 0.05) is 30.5 Å². The van der Waals surface area contributed by atoms with Gasteiger partial charge in [-0.05, 0) is 51.8 Å². The smallest absolute Gasteiger partial charge is 0.223 e. The van der Waals surface area contributed by atoms with Gasteiger partial charge in [-0.15, -0.1) is 0 Å². The molecule has 152 valence electrons. The van der Waals surface area contributed by atoms with E-state index < -0.39 is 0 Å². The zero-order chi connectivity index (χ0) is 20.0. The molecule has 0 unspecified atom stereocenters. The van der Waals surface area contributed by atoms with Crippen molar-refractivity contribution in [2.45, 2.75) is 57.4 Å². The molecule has 2 aliphatic rings. The van der Waals surface area contributed by atoms with E-state index in [1.807, 2.05) is 35.3 Å². The molecular weight excluding hydrogens is 366 g/mol. The van der Waals surface area contributed by atoms with Crippen LogP contribution in [0.15, 0.2) is 36.8 Å². The zero-order valence-electron chi connectivity index (χ0n) is 17.1. The summed E-state index contributed by atoms with van der Waals surface area (Å²) in [6.07, 6.45) is 7.77. The normalized spacial score (nSPS) is 24.6. The van der Waals surface area contributed by atoms with Crippen LogP contribution in [0, 0.1) is 0 Å². The third-order valence-electron chi connectivity index (χ3n) is 5.74. The second-order valence-electron chi connectivity index (χ2n) is 8.86. The number of nitrogens with one attached hydrogen (secondary N) is 1. The molecule has 0 bridgehead atoms. The lowest BCUT2D eigenvalue weighted by Gasteiger charge is -2.30. The number of morpholine rings is 1. The van der Waals surface area contributed by atoms with E-state index in [2.05, 4.69) is 36.2 Å². The monoisotopic (exact) mass is 393 g/mol. The van der Waals surface area contributed by atoms with E-state index in [9.17, 15) is 0 Å². The Hall–Kier alpha value is -2.51. The van der Waals surface area contributed by atoms with Crippen molar-refractivity contribution < 1.29 is 9.47 Å². The topological polar surface area (TPSA) is 74.1 Å². The summed E-state index contributed by atoms with van der Waals surface area (Å²) in [7, 11) is 0. The van der Waals surface area contributed by atoms with Crippen molar-refractivity contribution in [2.24, 2.45) is 0 Å². The first-order valence-electron chi connectivity index (χ1n) is 10.3. The van der Waals surface area contributed by atoms with Gasteiger partial charge in [0.1, 0.15) is 12.2 Å². The van der Waals surface area contributed by atoms with Crippen LogP contribution in [0.1, 0.15) is 33.6 Å². The Bertz CT molecular complexity index is 1030. The summed E-state index contributed by atoms with van der Waals surface area (Å²) in [5.41, 5.74) is 2.56. The van der Waals surface area contributed by atoms with Gasteiger partial charge in [-0.1, -0.05) is 0 Å². The lowest BCUT2D eigenvalue weighted by Crippen LogP contribution is -2.49. The van der Waals surface area contributed by atoms with Crippen LogP contribution < -0.4 is 10.1 Å². The van der Waals surface area contributed by atoms with E-state index in [1.165, 1.54) is 0 Å². The Morgan fingerprint density at radius 2 is 2.17 bits per heavy atom. The van der Waals surface area contributed by atoms with E-state index in [-0.39, 0.29) is 17.7 Å². The summed E-state index contributed by atoms with van der Waals surface area (Å²) in [4.78, 5) is 9.42. The summed E-state index contributed by atoms with van der Waals surface area (Å²) in [5.74, 6) is 0.619. The Balaban J connectivity index is 1.52. The molecule has 3 aromatic heterocycles. The molecule has 29 heavy (non-hydrogen) atoms. The molecule has 3 aromatic rings. The minimum absolute atomic E-state index is 0.00347. The highest BCUT2D eigenvalue weighted by molar-refractivity contribution is 5.86. The van der Waals surface area contributed by atoms with Gasteiger partial charge in [0.25, 0.3) is 0 Å². The van der Waals surface area contributed by atoms with Gasteiger partial charge in [0.2, 0.25) is 5.88 Å². The maximum Gasteiger partial charge on any atom is 0.223 e. The number of hydrogen-bond acceptors (Lipinski definition) is 6. The molecule has 1 aliphatic heterocycles. The molecule has 7 heteroatoms. The van der Waals surface area contributed by atoms with Crippen molar-refractivity contribution in [2.75, 3.05) is 13.2 Å². The fraction of sp³-hybridized carbons (Fsp3) is 0.500. The van der Waals surface area contributed by atoms with Gasteiger partial charge < -0.3 is 14.8 Å². The maximum absolute atomic E-state index is 6.45. The van der Waals surface area contributed by atoms with Gasteiger partial charge in [-0.3, -0.25) is 9.67 Å². The second-order valence-corrected chi connectivity index (χ2v) is 8.86. The Morgan fingerprint density at radius 3 is 3.00 bits per heavy atom. The van der Waals surface area contributed by atoms with Crippen molar-refractivity contribution in [1.82, 2.24) is 25.1 Å². The van der Waals surface area contributed by atoms with Gasteiger partial charge in [0.05, 0.1) is 34.9 Å². The van der Waals surface area contributed by atoms with Crippen LogP contribution in [0.4, 0.5) is 0 Å². The molecule has 4 heterocycles. The highest BCUT2D eigenvalue weighted by atomic mass is 16.5. The molecule has 1 N–H and O–H groups in total. The zero-order valence-corrected chi connectivity index (χ0v) is 17.1. The van der Waals surface area contributed by atoms with E-state index in [4.69, 9.17) is 14.5 Å².